The summed E-state index contributed by atoms with van der Waals surface area (Å²) in [7, 11) is 0. The monoisotopic (exact) mass is 449 g/mol. The van der Waals surface area contributed by atoms with Crippen LogP contribution in [0.5, 0.6) is 0 Å². The molecule has 1 atom stereocenters. The van der Waals surface area contributed by atoms with E-state index in [9.17, 15) is 19.8 Å². The highest BCUT2D eigenvalue weighted by molar-refractivity contribution is 5.73. The van der Waals surface area contributed by atoms with Gasteiger partial charge in [0, 0.05) is 24.9 Å². The summed E-state index contributed by atoms with van der Waals surface area (Å²) in [6, 6.07) is 2.92. The lowest BCUT2D eigenvalue weighted by Gasteiger charge is -2.43. The number of aliphatic carboxylic acids is 1. The van der Waals surface area contributed by atoms with Gasteiger partial charge in [0.2, 0.25) is 0 Å². The summed E-state index contributed by atoms with van der Waals surface area (Å²) < 4.78 is 5.07. The number of carboxylic acids is 1. The van der Waals surface area contributed by atoms with Crippen LogP contribution in [0, 0.1) is 11.8 Å². The largest absolute Gasteiger partial charge is 0.527 e. The molecule has 9 nitrogen and oxygen atoms in total. The van der Waals surface area contributed by atoms with E-state index in [1.165, 1.54) is 10.6 Å². The minimum atomic E-state index is -1.13. The van der Waals surface area contributed by atoms with Crippen molar-refractivity contribution in [2.24, 2.45) is 11.8 Å². The summed E-state index contributed by atoms with van der Waals surface area (Å²) >= 11 is 0. The van der Waals surface area contributed by atoms with Crippen molar-refractivity contribution in [2.45, 2.75) is 70.9 Å². The predicted molar refractivity (Wildman–Crippen MR) is 118 cm³/mol. The molecule has 1 aliphatic carbocycles. The Labute approximate surface area is 189 Å². The highest BCUT2D eigenvalue weighted by Crippen LogP contribution is 2.37. The third kappa shape index (κ3) is 6.56. The molecular formula is C23H35N3O6. The van der Waals surface area contributed by atoms with Gasteiger partial charge in [-0.15, -0.1) is 5.06 Å². The maximum Gasteiger partial charge on any atom is 0.527 e. The number of ether oxygens (including phenoxy) is 1. The predicted octanol–water partition coefficient (Wildman–Crippen LogP) is 3.01. The summed E-state index contributed by atoms with van der Waals surface area (Å²) in [5.41, 5.74) is 2.32. The number of nitrogens with one attached hydrogen (secondary N) is 1. The minimum Gasteiger partial charge on any atom is -0.480 e. The molecule has 1 aliphatic heterocycles. The summed E-state index contributed by atoms with van der Waals surface area (Å²) in [5.74, 6) is 0.397. The SMILES string of the molecule is CC(C)COC(=O)ON(C1CC(CCc2ccc3c(n2)NCCC3)C1)[C@@H](CCO)C(=O)O. The van der Waals surface area contributed by atoms with Crippen molar-refractivity contribution in [3.8, 4) is 0 Å². The van der Waals surface area contributed by atoms with Gasteiger partial charge in [0.05, 0.1) is 6.61 Å². The lowest BCUT2D eigenvalue weighted by molar-refractivity contribution is -0.214. The second kappa shape index (κ2) is 11.5. The average molecular weight is 450 g/mol. The number of pyridine rings is 1. The van der Waals surface area contributed by atoms with Crippen LogP contribution in [-0.2, 0) is 27.2 Å². The molecule has 0 unspecified atom stereocenters. The number of hydrogen-bond acceptors (Lipinski definition) is 8. The number of carbonyl (C=O) groups excluding carboxylic acids is 1. The quantitative estimate of drug-likeness (QED) is 0.346. The number of nitrogens with zero attached hydrogens (tertiary/aromatic N) is 2. The Hall–Kier alpha value is -2.39. The van der Waals surface area contributed by atoms with E-state index in [1.54, 1.807) is 0 Å². The molecule has 178 valence electrons. The molecule has 1 aromatic heterocycles. The fourth-order valence-corrected chi connectivity index (χ4v) is 4.23. The maximum atomic E-state index is 12.1. The zero-order valence-corrected chi connectivity index (χ0v) is 19.0. The topological polar surface area (TPSA) is 121 Å². The number of carbonyl (C=O) groups is 2. The van der Waals surface area contributed by atoms with Gasteiger partial charge >= 0.3 is 12.1 Å². The van der Waals surface area contributed by atoms with Crippen molar-refractivity contribution < 1.29 is 29.4 Å². The molecule has 2 aliphatic rings. The Morgan fingerprint density at radius 2 is 2.09 bits per heavy atom. The first-order valence-electron chi connectivity index (χ1n) is 11.6. The molecule has 32 heavy (non-hydrogen) atoms. The highest BCUT2D eigenvalue weighted by Gasteiger charge is 2.42. The van der Waals surface area contributed by atoms with E-state index in [0.717, 1.165) is 56.6 Å². The van der Waals surface area contributed by atoms with Crippen molar-refractivity contribution >= 4 is 17.9 Å². The summed E-state index contributed by atoms with van der Waals surface area (Å²) in [6.07, 6.45) is 4.49. The average Bonchev–Trinajstić information content (AvgIpc) is 2.73. The number of aliphatic hydroxyl groups excluding tert-OH is 1. The van der Waals surface area contributed by atoms with E-state index < -0.39 is 18.2 Å². The number of hydroxylamine groups is 2. The van der Waals surface area contributed by atoms with E-state index >= 15 is 0 Å². The Kier molecular flexibility index (Phi) is 8.69. The summed E-state index contributed by atoms with van der Waals surface area (Å²) in [5, 5.41) is 23.5. The lowest BCUT2D eigenvalue weighted by Crippen LogP contribution is -2.53. The van der Waals surface area contributed by atoms with Gasteiger partial charge in [-0.1, -0.05) is 19.9 Å². The van der Waals surface area contributed by atoms with Crippen molar-refractivity contribution in [3.05, 3.63) is 23.4 Å². The van der Waals surface area contributed by atoms with Crippen LogP contribution in [0.2, 0.25) is 0 Å². The molecule has 1 aromatic rings. The van der Waals surface area contributed by atoms with Crippen molar-refractivity contribution in [2.75, 3.05) is 25.1 Å². The zero-order valence-electron chi connectivity index (χ0n) is 19.0. The number of aromatic nitrogens is 1. The minimum absolute atomic E-state index is 0.0278. The summed E-state index contributed by atoms with van der Waals surface area (Å²) in [4.78, 5) is 33.9. The first-order valence-corrected chi connectivity index (χ1v) is 11.6. The molecular weight excluding hydrogens is 414 g/mol. The smallest absolute Gasteiger partial charge is 0.480 e. The summed E-state index contributed by atoms with van der Waals surface area (Å²) in [6.45, 7) is 4.65. The van der Waals surface area contributed by atoms with Gasteiger partial charge in [0.25, 0.3) is 0 Å². The molecule has 9 heteroatoms. The lowest BCUT2D eigenvalue weighted by atomic mass is 9.76. The number of hydrogen-bond donors (Lipinski definition) is 3. The molecule has 0 aromatic carbocycles. The van der Waals surface area contributed by atoms with Crippen LogP contribution in [0.3, 0.4) is 0 Å². The molecule has 0 spiro atoms. The van der Waals surface area contributed by atoms with E-state index in [2.05, 4.69) is 17.4 Å². The third-order valence-electron chi connectivity index (χ3n) is 6.04. The Morgan fingerprint density at radius 3 is 2.78 bits per heavy atom. The van der Waals surface area contributed by atoms with Crippen molar-refractivity contribution in [1.29, 1.82) is 0 Å². The van der Waals surface area contributed by atoms with E-state index in [1.807, 2.05) is 13.8 Å². The van der Waals surface area contributed by atoms with Crippen LogP contribution in [-0.4, -0.2) is 64.2 Å². The van der Waals surface area contributed by atoms with Crippen LogP contribution in [0.25, 0.3) is 0 Å². The van der Waals surface area contributed by atoms with Gasteiger partial charge in [-0.2, -0.15) is 0 Å². The molecule has 1 fully saturated rings. The van der Waals surface area contributed by atoms with Crippen LogP contribution in [0.15, 0.2) is 12.1 Å². The van der Waals surface area contributed by atoms with Gasteiger partial charge in [-0.25, -0.2) is 9.78 Å². The Morgan fingerprint density at radius 1 is 1.31 bits per heavy atom. The van der Waals surface area contributed by atoms with Gasteiger partial charge in [-0.3, -0.25) is 4.79 Å². The number of fused-ring (bicyclic) bond motifs is 1. The van der Waals surface area contributed by atoms with Crippen LogP contribution < -0.4 is 5.32 Å². The molecule has 3 rings (SSSR count). The second-order valence-electron chi connectivity index (χ2n) is 9.14. The van der Waals surface area contributed by atoms with Crippen molar-refractivity contribution in [1.82, 2.24) is 10.0 Å². The Bertz CT molecular complexity index is 781. The molecule has 0 saturated heterocycles. The maximum absolute atomic E-state index is 12.1. The molecule has 0 bridgehead atoms. The highest BCUT2D eigenvalue weighted by atomic mass is 16.8. The number of aliphatic hydroxyl groups is 1. The third-order valence-corrected chi connectivity index (χ3v) is 6.04. The standard InChI is InChI=1S/C23H35N3O6/c1-15(2)14-31-23(30)32-26(20(9-11-27)22(28)29)19-12-16(13-19)5-7-18-8-6-17-4-3-10-24-21(17)25-18/h6,8,15-16,19-20,27H,3-5,7,9-14H2,1-2H3,(H,24,25)(H,28,29)/t16?,19?,20-/m0/s1. The molecule has 0 radical (unpaired) electrons. The van der Waals surface area contributed by atoms with Gasteiger partial charge < -0.3 is 25.1 Å². The number of anilines is 1. The number of aryl methyl sites for hydroxylation is 2. The van der Waals surface area contributed by atoms with Crippen molar-refractivity contribution in [3.63, 3.8) is 0 Å². The van der Waals surface area contributed by atoms with Gasteiger partial charge in [0.1, 0.15) is 11.9 Å². The molecule has 2 heterocycles. The van der Waals surface area contributed by atoms with Crippen LogP contribution >= 0.6 is 0 Å². The molecule has 0 amide bonds. The number of carboxylic acid groups (broad SMARTS) is 1. The normalized spacial score (nSPS) is 20.8. The fourth-order valence-electron chi connectivity index (χ4n) is 4.23. The van der Waals surface area contributed by atoms with E-state index in [4.69, 9.17) is 14.6 Å². The Balaban J connectivity index is 1.54. The fraction of sp³-hybridized carbons (Fsp3) is 0.696. The second-order valence-corrected chi connectivity index (χ2v) is 9.14. The van der Waals surface area contributed by atoms with Crippen LogP contribution in [0.4, 0.5) is 10.6 Å². The first kappa shape index (κ1) is 24.3. The van der Waals surface area contributed by atoms with E-state index in [-0.39, 0.29) is 31.6 Å². The van der Waals surface area contributed by atoms with Crippen LogP contribution in [0.1, 0.15) is 57.2 Å². The zero-order chi connectivity index (χ0) is 23.1. The number of rotatable bonds is 11. The van der Waals surface area contributed by atoms with Gasteiger partial charge in [0.15, 0.2) is 0 Å². The van der Waals surface area contributed by atoms with Gasteiger partial charge in [-0.05, 0) is 68.4 Å². The first-order chi connectivity index (χ1) is 15.4. The molecule has 1 saturated carbocycles. The van der Waals surface area contributed by atoms with E-state index in [0.29, 0.717) is 5.92 Å². The molecule has 3 N–H and O–H groups in total.